The molecule has 2 fully saturated rings. The summed E-state index contributed by atoms with van der Waals surface area (Å²) in [6.07, 6.45) is 10.3. The van der Waals surface area contributed by atoms with Crippen LogP contribution >= 0.6 is 0 Å². The van der Waals surface area contributed by atoms with Crippen LogP contribution in [-0.4, -0.2) is 52.0 Å². The molecule has 1 N–H and O–H groups in total. The molecule has 1 unspecified atom stereocenters. The molecule has 0 spiro atoms. The van der Waals surface area contributed by atoms with Gasteiger partial charge in [-0.2, -0.15) is 0 Å². The van der Waals surface area contributed by atoms with E-state index in [1.807, 2.05) is 9.80 Å². The largest absolute Gasteiger partial charge is 0.480 e. The zero-order valence-corrected chi connectivity index (χ0v) is 12.5. The van der Waals surface area contributed by atoms with Crippen molar-refractivity contribution in [1.29, 1.82) is 0 Å². The van der Waals surface area contributed by atoms with Crippen molar-refractivity contribution in [2.75, 3.05) is 13.1 Å². The molecule has 5 heteroatoms. The van der Waals surface area contributed by atoms with Crippen molar-refractivity contribution in [2.24, 2.45) is 0 Å². The fourth-order valence-electron chi connectivity index (χ4n) is 3.52. The molecule has 5 nitrogen and oxygen atoms in total. The maximum atomic E-state index is 12.7. The molecule has 1 saturated heterocycles. The van der Waals surface area contributed by atoms with Gasteiger partial charge in [0, 0.05) is 11.7 Å². The molecule has 1 amide bonds. The molecule has 21 heavy (non-hydrogen) atoms. The highest BCUT2D eigenvalue weighted by atomic mass is 16.4. The van der Waals surface area contributed by atoms with Crippen LogP contribution in [0.5, 0.6) is 0 Å². The van der Waals surface area contributed by atoms with Gasteiger partial charge >= 0.3 is 5.97 Å². The second-order valence-electron chi connectivity index (χ2n) is 6.40. The molecule has 3 aliphatic rings. The third kappa shape index (κ3) is 3.28. The van der Waals surface area contributed by atoms with E-state index in [1.54, 1.807) is 0 Å². The summed E-state index contributed by atoms with van der Waals surface area (Å²) in [6.45, 7) is 0.977. The van der Waals surface area contributed by atoms with E-state index >= 15 is 0 Å². The standard InChI is InChI=1S/C16H24N2O3/c19-15(11-17-10-4-7-14(17)16(20)21)18(13-8-9-13)12-5-2-1-3-6-12/h5,13-14H,1-4,6-11H2,(H,20,21). The van der Waals surface area contributed by atoms with Gasteiger partial charge in [-0.15, -0.1) is 0 Å². The number of likely N-dealkylation sites (tertiary alicyclic amines) is 1. The van der Waals surface area contributed by atoms with Crippen LogP contribution in [-0.2, 0) is 9.59 Å². The smallest absolute Gasteiger partial charge is 0.320 e. The Labute approximate surface area is 125 Å². The van der Waals surface area contributed by atoms with E-state index < -0.39 is 12.0 Å². The van der Waals surface area contributed by atoms with Gasteiger partial charge in [-0.05, 0) is 57.9 Å². The summed E-state index contributed by atoms with van der Waals surface area (Å²) in [5, 5.41) is 9.23. The van der Waals surface area contributed by atoms with Crippen molar-refractivity contribution in [3.63, 3.8) is 0 Å². The molecule has 0 aromatic rings. The summed E-state index contributed by atoms with van der Waals surface area (Å²) in [7, 11) is 0. The molecule has 1 atom stereocenters. The predicted octanol–water partition coefficient (Wildman–Crippen LogP) is 1.98. The molecular weight excluding hydrogens is 268 g/mol. The maximum absolute atomic E-state index is 12.7. The number of hydrogen-bond acceptors (Lipinski definition) is 3. The first kappa shape index (κ1) is 14.6. The molecule has 1 saturated carbocycles. The number of aliphatic carboxylic acids is 1. The Bertz CT molecular complexity index is 456. The Hall–Kier alpha value is -1.36. The van der Waals surface area contributed by atoms with E-state index in [0.717, 1.165) is 45.1 Å². The van der Waals surface area contributed by atoms with Crippen molar-refractivity contribution in [3.05, 3.63) is 11.8 Å². The lowest BCUT2D eigenvalue weighted by Crippen LogP contribution is -2.45. The van der Waals surface area contributed by atoms with E-state index in [-0.39, 0.29) is 12.5 Å². The fraction of sp³-hybridized carbons (Fsp3) is 0.750. The number of carboxylic acid groups (broad SMARTS) is 1. The van der Waals surface area contributed by atoms with E-state index in [1.165, 1.54) is 12.1 Å². The number of rotatable bonds is 5. The first-order valence-electron chi connectivity index (χ1n) is 8.15. The topological polar surface area (TPSA) is 60.9 Å². The molecule has 0 aromatic heterocycles. The number of carboxylic acids is 1. The van der Waals surface area contributed by atoms with Crippen LogP contribution in [0, 0.1) is 0 Å². The number of allylic oxidation sites excluding steroid dienone is 2. The summed E-state index contributed by atoms with van der Waals surface area (Å²) in [5.41, 5.74) is 1.18. The minimum absolute atomic E-state index is 0.0961. The lowest BCUT2D eigenvalue weighted by molar-refractivity contribution is -0.143. The van der Waals surface area contributed by atoms with Crippen molar-refractivity contribution < 1.29 is 14.7 Å². The monoisotopic (exact) mass is 292 g/mol. The van der Waals surface area contributed by atoms with Crippen LogP contribution in [0.1, 0.15) is 51.4 Å². The van der Waals surface area contributed by atoms with Crippen LogP contribution in [0.15, 0.2) is 11.8 Å². The van der Waals surface area contributed by atoms with Gasteiger partial charge in [0.1, 0.15) is 6.04 Å². The van der Waals surface area contributed by atoms with Gasteiger partial charge in [0.15, 0.2) is 0 Å². The zero-order valence-electron chi connectivity index (χ0n) is 12.5. The predicted molar refractivity (Wildman–Crippen MR) is 78.6 cm³/mol. The van der Waals surface area contributed by atoms with Gasteiger partial charge in [-0.1, -0.05) is 6.08 Å². The molecule has 0 aromatic carbocycles. The second-order valence-corrected chi connectivity index (χ2v) is 6.40. The number of carbonyl (C=O) groups is 2. The molecule has 116 valence electrons. The van der Waals surface area contributed by atoms with Crippen LogP contribution in [0.3, 0.4) is 0 Å². The number of amides is 1. The Morgan fingerprint density at radius 1 is 1.24 bits per heavy atom. The molecule has 1 heterocycles. The van der Waals surface area contributed by atoms with Crippen LogP contribution in [0.4, 0.5) is 0 Å². The van der Waals surface area contributed by atoms with Gasteiger partial charge in [0.25, 0.3) is 0 Å². The first-order valence-corrected chi connectivity index (χ1v) is 8.15. The molecule has 3 rings (SSSR count). The number of hydrogen-bond donors (Lipinski definition) is 1. The highest BCUT2D eigenvalue weighted by molar-refractivity contribution is 5.82. The Morgan fingerprint density at radius 3 is 2.67 bits per heavy atom. The first-order chi connectivity index (χ1) is 10.2. The number of nitrogens with zero attached hydrogens (tertiary/aromatic N) is 2. The maximum Gasteiger partial charge on any atom is 0.320 e. The molecular formula is C16H24N2O3. The highest BCUT2D eigenvalue weighted by Crippen LogP contribution is 2.34. The molecule has 1 aliphatic heterocycles. The Morgan fingerprint density at radius 2 is 2.05 bits per heavy atom. The SMILES string of the molecule is O=C(O)C1CCCN1CC(=O)N(C1=CCCCC1)C1CC1. The minimum Gasteiger partial charge on any atom is -0.480 e. The van der Waals surface area contributed by atoms with Crippen LogP contribution < -0.4 is 0 Å². The van der Waals surface area contributed by atoms with E-state index in [0.29, 0.717) is 12.5 Å². The van der Waals surface area contributed by atoms with Gasteiger partial charge in [0.05, 0.1) is 6.54 Å². The van der Waals surface area contributed by atoms with Gasteiger partial charge in [-0.25, -0.2) is 0 Å². The number of carbonyl (C=O) groups excluding carboxylic acids is 1. The van der Waals surface area contributed by atoms with Crippen molar-refractivity contribution in [3.8, 4) is 0 Å². The Kier molecular flexibility index (Phi) is 4.29. The van der Waals surface area contributed by atoms with Gasteiger partial charge in [0.2, 0.25) is 5.91 Å². The van der Waals surface area contributed by atoms with Crippen molar-refractivity contribution >= 4 is 11.9 Å². The Balaban J connectivity index is 1.67. The minimum atomic E-state index is -0.796. The summed E-state index contributed by atoms with van der Waals surface area (Å²) in [4.78, 5) is 27.8. The van der Waals surface area contributed by atoms with E-state index in [9.17, 15) is 14.7 Å². The zero-order chi connectivity index (χ0) is 14.8. The summed E-state index contributed by atoms with van der Waals surface area (Å²) >= 11 is 0. The lowest BCUT2D eigenvalue weighted by atomic mass is 10.0. The fourth-order valence-corrected chi connectivity index (χ4v) is 3.52. The van der Waals surface area contributed by atoms with Gasteiger partial charge in [-0.3, -0.25) is 14.5 Å². The lowest BCUT2D eigenvalue weighted by Gasteiger charge is -2.30. The third-order valence-electron chi connectivity index (χ3n) is 4.74. The van der Waals surface area contributed by atoms with E-state index in [2.05, 4.69) is 6.08 Å². The van der Waals surface area contributed by atoms with Crippen molar-refractivity contribution in [1.82, 2.24) is 9.80 Å². The molecule has 0 bridgehead atoms. The quantitative estimate of drug-likeness (QED) is 0.842. The molecule has 0 radical (unpaired) electrons. The average Bonchev–Trinajstić information content (AvgIpc) is 3.18. The second kappa shape index (κ2) is 6.18. The van der Waals surface area contributed by atoms with Gasteiger partial charge < -0.3 is 10.0 Å². The highest BCUT2D eigenvalue weighted by Gasteiger charge is 2.38. The summed E-state index contributed by atoms with van der Waals surface area (Å²) in [5.74, 6) is -0.700. The average molecular weight is 292 g/mol. The van der Waals surface area contributed by atoms with Crippen molar-refractivity contribution in [2.45, 2.75) is 63.5 Å². The van der Waals surface area contributed by atoms with Crippen LogP contribution in [0.2, 0.25) is 0 Å². The van der Waals surface area contributed by atoms with E-state index in [4.69, 9.17) is 0 Å². The summed E-state index contributed by atoms with van der Waals surface area (Å²) < 4.78 is 0. The third-order valence-corrected chi connectivity index (χ3v) is 4.74. The van der Waals surface area contributed by atoms with Crippen LogP contribution in [0.25, 0.3) is 0 Å². The normalized spacial score (nSPS) is 26.5. The molecule has 2 aliphatic carbocycles. The summed E-state index contributed by atoms with van der Waals surface area (Å²) in [6, 6.07) is -0.108.